The fourth-order valence-corrected chi connectivity index (χ4v) is 3.05. The van der Waals surface area contributed by atoms with Gasteiger partial charge in [-0.15, -0.1) is 0 Å². The highest BCUT2D eigenvalue weighted by Gasteiger charge is 2.30. The van der Waals surface area contributed by atoms with Crippen LogP contribution in [-0.2, 0) is 10.9 Å². The second-order valence-corrected chi connectivity index (χ2v) is 6.99. The smallest absolute Gasteiger partial charge is 0.416 e. The van der Waals surface area contributed by atoms with Crippen LogP contribution in [0.25, 0.3) is 10.9 Å². The molecule has 0 aliphatic heterocycles. The average molecular weight is 455 g/mol. The molecule has 0 aliphatic carbocycles. The minimum absolute atomic E-state index is 0.102. The largest absolute Gasteiger partial charge is 0.461 e. The van der Waals surface area contributed by atoms with Crippen molar-refractivity contribution in [2.45, 2.75) is 6.18 Å². The van der Waals surface area contributed by atoms with Gasteiger partial charge in [-0.3, -0.25) is 0 Å². The van der Waals surface area contributed by atoms with E-state index in [-0.39, 0.29) is 11.8 Å². The summed E-state index contributed by atoms with van der Waals surface area (Å²) in [4.78, 5) is 8.86. The Kier molecular flexibility index (Phi) is 6.60. The normalized spacial score (nSPS) is 11.4. The van der Waals surface area contributed by atoms with Gasteiger partial charge in [0, 0.05) is 18.2 Å². The number of hydrogen-bond acceptors (Lipinski definition) is 6. The summed E-state index contributed by atoms with van der Waals surface area (Å²) in [5, 5.41) is 4.04. The Morgan fingerprint density at radius 3 is 2.39 bits per heavy atom. The molecule has 9 heteroatoms. The summed E-state index contributed by atoms with van der Waals surface area (Å²) < 4.78 is 54.8. The van der Waals surface area contributed by atoms with Crippen LogP contribution in [0.15, 0.2) is 72.8 Å². The molecular formula is C24H20F3N3O3. The number of nitrogens with one attached hydrogen (secondary N) is 1. The minimum atomic E-state index is -4.43. The first-order chi connectivity index (χ1) is 15.9. The summed E-state index contributed by atoms with van der Waals surface area (Å²) in [5.41, 5.74) is 0.655. The van der Waals surface area contributed by atoms with Crippen molar-refractivity contribution in [3.05, 3.63) is 78.4 Å². The topological polar surface area (TPSA) is 65.5 Å². The van der Waals surface area contributed by atoms with E-state index in [1.807, 2.05) is 24.3 Å². The van der Waals surface area contributed by atoms with Gasteiger partial charge >= 0.3 is 12.2 Å². The molecule has 170 valence electrons. The molecule has 0 saturated heterocycles. The highest BCUT2D eigenvalue weighted by molar-refractivity contribution is 5.91. The third-order valence-electron chi connectivity index (χ3n) is 4.62. The third kappa shape index (κ3) is 5.69. The Morgan fingerprint density at radius 1 is 0.848 bits per heavy atom. The highest BCUT2D eigenvalue weighted by atomic mass is 19.4. The molecule has 0 fully saturated rings. The Labute approximate surface area is 188 Å². The molecule has 0 radical (unpaired) electrons. The van der Waals surface area contributed by atoms with E-state index in [2.05, 4.69) is 15.3 Å². The van der Waals surface area contributed by atoms with Crippen LogP contribution in [0.2, 0.25) is 0 Å². The molecule has 0 saturated carbocycles. The standard InChI is InChI=1S/C24H20F3N3O3/c1-31-13-14-32-23-29-21-8-3-2-7-20(21)22(30-23)28-17-9-11-18(12-10-17)33-19-6-4-5-16(15-19)24(25,26)27/h2-12,15H,13-14H2,1H3,(H,28,29,30). The Balaban J connectivity index is 1.52. The first kappa shape index (κ1) is 22.3. The minimum Gasteiger partial charge on any atom is -0.461 e. The van der Waals surface area contributed by atoms with Gasteiger partial charge in [-0.25, -0.2) is 0 Å². The molecule has 0 aliphatic rings. The van der Waals surface area contributed by atoms with Crippen molar-refractivity contribution in [1.29, 1.82) is 0 Å². The van der Waals surface area contributed by atoms with Crippen molar-refractivity contribution >= 4 is 22.4 Å². The van der Waals surface area contributed by atoms with Gasteiger partial charge in [0.15, 0.2) is 0 Å². The van der Waals surface area contributed by atoms with Gasteiger partial charge in [0.05, 0.1) is 17.7 Å². The molecule has 0 amide bonds. The number of para-hydroxylation sites is 1. The van der Waals surface area contributed by atoms with Crippen LogP contribution in [0.1, 0.15) is 5.56 Å². The molecule has 1 aromatic heterocycles. The zero-order valence-electron chi connectivity index (χ0n) is 17.6. The van der Waals surface area contributed by atoms with Gasteiger partial charge in [-0.05, 0) is 54.6 Å². The quantitative estimate of drug-likeness (QED) is 0.319. The molecule has 33 heavy (non-hydrogen) atoms. The van der Waals surface area contributed by atoms with E-state index in [4.69, 9.17) is 14.2 Å². The summed E-state index contributed by atoms with van der Waals surface area (Å²) in [7, 11) is 1.58. The van der Waals surface area contributed by atoms with Crippen molar-refractivity contribution < 1.29 is 27.4 Å². The van der Waals surface area contributed by atoms with Gasteiger partial charge in [-0.2, -0.15) is 23.1 Å². The first-order valence-corrected chi connectivity index (χ1v) is 10.0. The van der Waals surface area contributed by atoms with Crippen LogP contribution in [0, 0.1) is 0 Å². The molecule has 1 N–H and O–H groups in total. The zero-order chi connectivity index (χ0) is 23.3. The molecule has 6 nitrogen and oxygen atoms in total. The van der Waals surface area contributed by atoms with Crippen molar-refractivity contribution in [1.82, 2.24) is 9.97 Å². The summed E-state index contributed by atoms with van der Waals surface area (Å²) in [6.45, 7) is 0.724. The van der Waals surface area contributed by atoms with Gasteiger partial charge in [0.1, 0.15) is 23.9 Å². The lowest BCUT2D eigenvalue weighted by atomic mass is 10.2. The fraction of sp³-hybridized carbons (Fsp3) is 0.167. The lowest BCUT2D eigenvalue weighted by Crippen LogP contribution is -2.08. The van der Waals surface area contributed by atoms with E-state index in [9.17, 15) is 13.2 Å². The van der Waals surface area contributed by atoms with E-state index < -0.39 is 11.7 Å². The number of methoxy groups -OCH3 is 1. The van der Waals surface area contributed by atoms with Crippen molar-refractivity contribution in [3.8, 4) is 17.5 Å². The average Bonchev–Trinajstić information content (AvgIpc) is 2.80. The molecule has 4 rings (SSSR count). The monoisotopic (exact) mass is 455 g/mol. The summed E-state index contributed by atoms with van der Waals surface area (Å²) in [6, 6.07) is 19.3. The third-order valence-corrected chi connectivity index (χ3v) is 4.62. The van der Waals surface area contributed by atoms with Crippen molar-refractivity contribution in [2.24, 2.45) is 0 Å². The van der Waals surface area contributed by atoms with E-state index in [1.54, 1.807) is 31.4 Å². The SMILES string of the molecule is COCCOc1nc(Nc2ccc(Oc3cccc(C(F)(F)F)c3)cc2)c2ccccc2n1. The van der Waals surface area contributed by atoms with E-state index >= 15 is 0 Å². The molecular weight excluding hydrogens is 435 g/mol. The molecule has 4 aromatic rings. The van der Waals surface area contributed by atoms with Crippen molar-refractivity contribution in [2.75, 3.05) is 25.6 Å². The summed E-state index contributed by atoms with van der Waals surface area (Å²) in [5.74, 6) is 1.06. The molecule has 3 aromatic carbocycles. The number of ether oxygens (including phenoxy) is 3. The Morgan fingerprint density at radius 2 is 1.64 bits per heavy atom. The van der Waals surface area contributed by atoms with Crippen LogP contribution in [0.4, 0.5) is 24.7 Å². The number of rotatable bonds is 8. The van der Waals surface area contributed by atoms with Crippen LogP contribution >= 0.6 is 0 Å². The number of aromatic nitrogens is 2. The number of anilines is 2. The number of halogens is 3. The van der Waals surface area contributed by atoms with E-state index in [1.165, 1.54) is 12.1 Å². The number of nitrogens with zero attached hydrogens (tertiary/aromatic N) is 2. The highest BCUT2D eigenvalue weighted by Crippen LogP contribution is 2.33. The van der Waals surface area contributed by atoms with Crippen LogP contribution in [-0.4, -0.2) is 30.3 Å². The maximum absolute atomic E-state index is 12.9. The number of alkyl halides is 3. The second-order valence-electron chi connectivity index (χ2n) is 6.99. The predicted octanol–water partition coefficient (Wildman–Crippen LogP) is 6.21. The number of hydrogen-bond donors (Lipinski definition) is 1. The number of fused-ring (bicyclic) bond motifs is 1. The van der Waals surface area contributed by atoms with Crippen LogP contribution < -0.4 is 14.8 Å². The molecule has 0 atom stereocenters. The zero-order valence-corrected chi connectivity index (χ0v) is 17.6. The molecule has 0 spiro atoms. The molecule has 0 bridgehead atoms. The van der Waals surface area contributed by atoms with Gasteiger partial charge < -0.3 is 19.5 Å². The number of benzene rings is 3. The second kappa shape index (κ2) is 9.74. The molecule has 1 heterocycles. The Hall–Kier alpha value is -3.85. The maximum Gasteiger partial charge on any atom is 0.416 e. The van der Waals surface area contributed by atoms with E-state index in [0.29, 0.717) is 36.0 Å². The van der Waals surface area contributed by atoms with E-state index in [0.717, 1.165) is 17.5 Å². The van der Waals surface area contributed by atoms with Crippen molar-refractivity contribution in [3.63, 3.8) is 0 Å². The van der Waals surface area contributed by atoms with Gasteiger partial charge in [0.25, 0.3) is 0 Å². The molecule has 0 unspecified atom stereocenters. The lowest BCUT2D eigenvalue weighted by Gasteiger charge is -2.12. The lowest BCUT2D eigenvalue weighted by molar-refractivity contribution is -0.137. The fourth-order valence-electron chi connectivity index (χ4n) is 3.05. The predicted molar refractivity (Wildman–Crippen MR) is 118 cm³/mol. The van der Waals surface area contributed by atoms with Crippen LogP contribution in [0.5, 0.6) is 17.5 Å². The first-order valence-electron chi connectivity index (χ1n) is 10.0. The summed E-state index contributed by atoms with van der Waals surface area (Å²) >= 11 is 0. The maximum atomic E-state index is 12.9. The summed E-state index contributed by atoms with van der Waals surface area (Å²) in [6.07, 6.45) is -4.43. The van der Waals surface area contributed by atoms with Gasteiger partial charge in [-0.1, -0.05) is 18.2 Å². The Bertz CT molecular complexity index is 1230. The van der Waals surface area contributed by atoms with Crippen LogP contribution in [0.3, 0.4) is 0 Å². The van der Waals surface area contributed by atoms with Gasteiger partial charge in [0.2, 0.25) is 0 Å².